The molecule has 4 heteroatoms. The molecule has 0 unspecified atom stereocenters. The Hall–Kier alpha value is -1.81. The van der Waals surface area contributed by atoms with Gasteiger partial charge in [-0.05, 0) is 31.4 Å². The third-order valence-electron chi connectivity index (χ3n) is 3.71. The number of fused-ring (bicyclic) bond motifs is 1. The smallest absolute Gasteiger partial charge is 0.224 e. The summed E-state index contributed by atoms with van der Waals surface area (Å²) in [6.07, 6.45) is 4.33. The van der Waals surface area contributed by atoms with Crippen LogP contribution in [0.3, 0.4) is 0 Å². The van der Waals surface area contributed by atoms with E-state index in [1.54, 1.807) is 6.26 Å². The fourth-order valence-corrected chi connectivity index (χ4v) is 2.60. The van der Waals surface area contributed by atoms with Gasteiger partial charge in [0, 0.05) is 24.1 Å². The van der Waals surface area contributed by atoms with Crippen LogP contribution in [0.2, 0.25) is 0 Å². The van der Waals surface area contributed by atoms with Gasteiger partial charge in [0.05, 0.1) is 18.8 Å². The number of hydrogen-bond acceptors (Lipinski definition) is 3. The first-order valence-corrected chi connectivity index (χ1v) is 7.07. The van der Waals surface area contributed by atoms with Gasteiger partial charge in [-0.2, -0.15) is 0 Å². The minimum atomic E-state index is 0.0174. The minimum Gasteiger partial charge on any atom is -0.464 e. The number of nitrogens with one attached hydrogen (secondary N) is 1. The molecular weight excluding hydrogens is 254 g/mol. The van der Waals surface area contributed by atoms with Gasteiger partial charge in [0.15, 0.2) is 0 Å². The lowest BCUT2D eigenvalue weighted by molar-refractivity contribution is -0.120. The van der Waals surface area contributed by atoms with Crippen molar-refractivity contribution in [3.63, 3.8) is 0 Å². The number of hydrogen-bond donors (Lipinski definition) is 1. The predicted molar refractivity (Wildman–Crippen MR) is 76.6 cm³/mol. The largest absolute Gasteiger partial charge is 0.464 e. The molecule has 0 spiro atoms. The van der Waals surface area contributed by atoms with E-state index in [1.807, 2.05) is 25.1 Å². The number of carbonyl (C=O) groups is 1. The zero-order chi connectivity index (χ0) is 13.9. The molecule has 0 radical (unpaired) electrons. The highest BCUT2D eigenvalue weighted by Crippen LogP contribution is 2.22. The van der Waals surface area contributed by atoms with Crippen LogP contribution in [-0.4, -0.2) is 25.2 Å². The second-order valence-corrected chi connectivity index (χ2v) is 5.38. The Kier molecular flexibility index (Phi) is 3.74. The van der Waals surface area contributed by atoms with E-state index in [-0.39, 0.29) is 12.0 Å². The maximum absolute atomic E-state index is 12.0. The van der Waals surface area contributed by atoms with E-state index in [0.717, 1.165) is 41.5 Å². The molecule has 0 aliphatic carbocycles. The number of rotatable bonds is 4. The summed E-state index contributed by atoms with van der Waals surface area (Å²) in [6, 6.07) is 6.03. The van der Waals surface area contributed by atoms with Gasteiger partial charge in [0.25, 0.3) is 0 Å². The molecule has 1 aliphatic rings. The summed E-state index contributed by atoms with van der Waals surface area (Å²) in [7, 11) is 0. The molecule has 3 rings (SSSR count). The first-order chi connectivity index (χ1) is 9.72. The number of carbonyl (C=O) groups excluding carboxylic acids is 1. The number of aryl methyl sites for hydroxylation is 1. The van der Waals surface area contributed by atoms with Crippen LogP contribution in [0.4, 0.5) is 0 Å². The first-order valence-electron chi connectivity index (χ1n) is 7.07. The highest BCUT2D eigenvalue weighted by atomic mass is 16.5. The molecule has 106 valence electrons. The van der Waals surface area contributed by atoms with Gasteiger partial charge in [0.2, 0.25) is 5.91 Å². The third-order valence-corrected chi connectivity index (χ3v) is 3.71. The van der Waals surface area contributed by atoms with E-state index in [0.29, 0.717) is 13.0 Å². The van der Waals surface area contributed by atoms with E-state index in [9.17, 15) is 4.79 Å². The second-order valence-electron chi connectivity index (χ2n) is 5.38. The van der Waals surface area contributed by atoms with Gasteiger partial charge < -0.3 is 14.5 Å². The van der Waals surface area contributed by atoms with Crippen LogP contribution in [-0.2, 0) is 16.0 Å². The second kappa shape index (κ2) is 5.67. The van der Waals surface area contributed by atoms with Gasteiger partial charge in [-0.3, -0.25) is 4.79 Å². The number of benzene rings is 1. The van der Waals surface area contributed by atoms with E-state index in [4.69, 9.17) is 9.15 Å². The zero-order valence-electron chi connectivity index (χ0n) is 11.6. The van der Waals surface area contributed by atoms with Crippen molar-refractivity contribution in [2.45, 2.75) is 32.3 Å². The van der Waals surface area contributed by atoms with Crippen molar-refractivity contribution in [2.24, 2.45) is 0 Å². The molecule has 1 aromatic carbocycles. The molecule has 0 bridgehead atoms. The van der Waals surface area contributed by atoms with Gasteiger partial charge in [-0.15, -0.1) is 0 Å². The van der Waals surface area contributed by atoms with E-state index < -0.39 is 0 Å². The lowest BCUT2D eigenvalue weighted by Crippen LogP contribution is -2.32. The SMILES string of the molecule is Cc1ccc2c(CC(=O)NC[C@H]3CCCO3)coc2c1. The van der Waals surface area contributed by atoms with Crippen LogP contribution >= 0.6 is 0 Å². The van der Waals surface area contributed by atoms with Crippen molar-refractivity contribution >= 4 is 16.9 Å². The molecule has 1 N–H and O–H groups in total. The zero-order valence-corrected chi connectivity index (χ0v) is 11.6. The molecular formula is C16H19NO3. The Labute approximate surface area is 118 Å². The number of amides is 1. The summed E-state index contributed by atoms with van der Waals surface area (Å²) < 4.78 is 11.0. The average Bonchev–Trinajstić information content (AvgIpc) is 3.06. The number of ether oxygens (including phenoxy) is 1. The molecule has 0 saturated carbocycles. The molecule has 1 fully saturated rings. The molecule has 1 atom stereocenters. The topological polar surface area (TPSA) is 51.5 Å². The lowest BCUT2D eigenvalue weighted by atomic mass is 10.1. The van der Waals surface area contributed by atoms with Crippen molar-refractivity contribution in [3.05, 3.63) is 35.6 Å². The monoisotopic (exact) mass is 273 g/mol. The van der Waals surface area contributed by atoms with Gasteiger partial charge in [-0.1, -0.05) is 12.1 Å². The van der Waals surface area contributed by atoms with Crippen LogP contribution in [0.1, 0.15) is 24.0 Å². The summed E-state index contributed by atoms with van der Waals surface area (Å²) in [4.78, 5) is 12.0. The maximum atomic E-state index is 12.0. The summed E-state index contributed by atoms with van der Waals surface area (Å²) >= 11 is 0. The van der Waals surface area contributed by atoms with E-state index >= 15 is 0 Å². The molecule has 1 aliphatic heterocycles. The highest BCUT2D eigenvalue weighted by Gasteiger charge is 2.17. The maximum Gasteiger partial charge on any atom is 0.224 e. The molecule has 4 nitrogen and oxygen atoms in total. The Bertz CT molecular complexity index is 611. The van der Waals surface area contributed by atoms with Crippen molar-refractivity contribution in [1.29, 1.82) is 0 Å². The Morgan fingerprint density at radius 3 is 3.15 bits per heavy atom. The van der Waals surface area contributed by atoms with Crippen LogP contribution < -0.4 is 5.32 Å². The quantitative estimate of drug-likeness (QED) is 0.931. The normalized spacial score (nSPS) is 18.6. The predicted octanol–water partition coefficient (Wildman–Crippen LogP) is 2.58. The van der Waals surface area contributed by atoms with Gasteiger partial charge in [-0.25, -0.2) is 0 Å². The third kappa shape index (κ3) is 2.85. The van der Waals surface area contributed by atoms with Crippen LogP contribution in [0, 0.1) is 6.92 Å². The number of furan rings is 1. The molecule has 1 aromatic heterocycles. The summed E-state index contributed by atoms with van der Waals surface area (Å²) in [5.74, 6) is 0.0174. The molecule has 1 saturated heterocycles. The fraction of sp³-hybridized carbons (Fsp3) is 0.438. The Balaban J connectivity index is 1.62. The minimum absolute atomic E-state index is 0.0174. The lowest BCUT2D eigenvalue weighted by Gasteiger charge is -2.10. The summed E-state index contributed by atoms with van der Waals surface area (Å²) in [5.41, 5.74) is 2.93. The molecule has 2 aromatic rings. The molecule has 2 heterocycles. The Morgan fingerprint density at radius 1 is 1.45 bits per heavy atom. The standard InChI is InChI=1S/C16H19NO3/c1-11-4-5-14-12(10-20-15(14)7-11)8-16(18)17-9-13-3-2-6-19-13/h4-5,7,10,13H,2-3,6,8-9H2,1H3,(H,17,18)/t13-/m1/s1. The van der Waals surface area contributed by atoms with E-state index in [1.165, 1.54) is 0 Å². The summed E-state index contributed by atoms with van der Waals surface area (Å²) in [5, 5.41) is 3.95. The molecule has 1 amide bonds. The fourth-order valence-electron chi connectivity index (χ4n) is 2.60. The highest BCUT2D eigenvalue weighted by molar-refractivity contribution is 5.87. The average molecular weight is 273 g/mol. The van der Waals surface area contributed by atoms with Gasteiger partial charge in [0.1, 0.15) is 5.58 Å². The van der Waals surface area contributed by atoms with Crippen molar-refractivity contribution in [3.8, 4) is 0 Å². The van der Waals surface area contributed by atoms with Crippen molar-refractivity contribution < 1.29 is 13.9 Å². The van der Waals surface area contributed by atoms with Gasteiger partial charge >= 0.3 is 0 Å². The van der Waals surface area contributed by atoms with Crippen molar-refractivity contribution in [2.75, 3.05) is 13.2 Å². The first kappa shape index (κ1) is 13.2. The van der Waals surface area contributed by atoms with Crippen LogP contribution in [0.25, 0.3) is 11.0 Å². The van der Waals surface area contributed by atoms with Crippen molar-refractivity contribution in [1.82, 2.24) is 5.32 Å². The Morgan fingerprint density at radius 2 is 2.35 bits per heavy atom. The van der Waals surface area contributed by atoms with Crippen LogP contribution in [0.5, 0.6) is 0 Å². The summed E-state index contributed by atoms with van der Waals surface area (Å²) in [6.45, 7) is 3.44. The van der Waals surface area contributed by atoms with E-state index in [2.05, 4.69) is 5.32 Å². The van der Waals surface area contributed by atoms with Crippen LogP contribution in [0.15, 0.2) is 28.9 Å². The molecule has 20 heavy (non-hydrogen) atoms.